The predicted molar refractivity (Wildman–Crippen MR) is 111 cm³/mol. The summed E-state index contributed by atoms with van der Waals surface area (Å²) in [6.45, 7) is 6.14. The van der Waals surface area contributed by atoms with Crippen LogP contribution in [-0.4, -0.2) is 19.5 Å². The van der Waals surface area contributed by atoms with E-state index in [1.807, 2.05) is 38.3 Å². The summed E-state index contributed by atoms with van der Waals surface area (Å²) in [6.07, 6.45) is 9.40. The molecule has 140 valence electrons. The fourth-order valence-corrected chi connectivity index (χ4v) is 3.37. The maximum atomic E-state index is 11.4. The number of pyridine rings is 1. The minimum atomic E-state index is -0.115. The molecule has 0 amide bonds. The number of imidazole rings is 1. The minimum absolute atomic E-state index is 0.115. The first-order valence-electron chi connectivity index (χ1n) is 8.70. The van der Waals surface area contributed by atoms with Gasteiger partial charge < -0.3 is 9.97 Å². The number of allylic oxidation sites excluding steroid dienone is 4. The molecule has 0 saturated heterocycles. The van der Waals surface area contributed by atoms with Gasteiger partial charge in [-0.3, -0.25) is 4.57 Å². The number of hydrogen-bond acceptors (Lipinski definition) is 2. The number of aromatic amines is 2. The number of nitrogens with one attached hydrogen (secondary N) is 2. The number of aromatic nitrogens is 4. The average molecular weight is 395 g/mol. The number of nitrogens with zero attached hydrogens (tertiary/aromatic N) is 2. The Morgan fingerprint density at radius 2 is 2.04 bits per heavy atom. The molecule has 0 aromatic carbocycles. The van der Waals surface area contributed by atoms with Gasteiger partial charge in [-0.25, -0.2) is 9.78 Å². The van der Waals surface area contributed by atoms with Crippen LogP contribution in [0.5, 0.6) is 0 Å². The van der Waals surface area contributed by atoms with Gasteiger partial charge in [-0.15, -0.1) is 0 Å². The van der Waals surface area contributed by atoms with Crippen LogP contribution in [0.1, 0.15) is 33.6 Å². The zero-order chi connectivity index (χ0) is 19.3. The van der Waals surface area contributed by atoms with Crippen molar-refractivity contribution in [3.05, 3.63) is 51.2 Å². The lowest BCUT2D eigenvalue weighted by molar-refractivity contribution is 0.658. The van der Waals surface area contributed by atoms with E-state index in [9.17, 15) is 4.79 Å². The third-order valence-electron chi connectivity index (χ3n) is 4.02. The fraction of sp³-hybridized carbons (Fsp3) is 0.368. The molecule has 1 atom stereocenters. The summed E-state index contributed by atoms with van der Waals surface area (Å²) in [5.41, 5.74) is 2.34. The first-order chi connectivity index (χ1) is 12.5. The molecule has 3 aromatic heterocycles. The summed E-state index contributed by atoms with van der Waals surface area (Å²) in [4.78, 5) is 21.3. The molecule has 26 heavy (non-hydrogen) atoms. The maximum Gasteiger partial charge on any atom is 0.326 e. The smallest absolute Gasteiger partial charge is 0.326 e. The summed E-state index contributed by atoms with van der Waals surface area (Å²) < 4.78 is 1.59. The second kappa shape index (κ2) is 9.10. The van der Waals surface area contributed by atoms with Crippen LogP contribution >= 0.6 is 23.2 Å². The molecule has 0 saturated carbocycles. The molecule has 4 rings (SSSR count). The summed E-state index contributed by atoms with van der Waals surface area (Å²) in [6, 6.07) is 1.91. The number of rotatable bonds is 0. The van der Waals surface area contributed by atoms with Gasteiger partial charge in [0.15, 0.2) is 0 Å². The number of H-pyrrole nitrogens is 2. The van der Waals surface area contributed by atoms with Gasteiger partial charge in [0.2, 0.25) is 0 Å². The Kier molecular flexibility index (Phi) is 7.12. The van der Waals surface area contributed by atoms with E-state index in [2.05, 4.69) is 21.9 Å². The van der Waals surface area contributed by atoms with Crippen molar-refractivity contribution in [2.45, 2.75) is 33.6 Å². The Labute approximate surface area is 162 Å². The largest absolute Gasteiger partial charge is 0.346 e. The van der Waals surface area contributed by atoms with E-state index in [1.165, 1.54) is 0 Å². The molecule has 0 bridgehead atoms. The standard InChI is InChI=1S/C9H8N4O.C8H10Cl2.C2H6/c1-13-7-5-2-3-10-8(5)11-4-6(7)12-9(13)14;1-6-2-3-7(9)5-8(10)4-6;1-2/h2-4H,1H3,(H,10,11)(H,12,14);4-6H,2-3H2,1H3;1-2H3. The number of fused-ring (bicyclic) bond motifs is 3. The van der Waals surface area contributed by atoms with Crippen LogP contribution < -0.4 is 5.69 Å². The summed E-state index contributed by atoms with van der Waals surface area (Å²) in [5.74, 6) is 0.556. The van der Waals surface area contributed by atoms with Gasteiger partial charge >= 0.3 is 5.69 Å². The van der Waals surface area contributed by atoms with Crippen LogP contribution in [-0.2, 0) is 7.05 Å². The van der Waals surface area contributed by atoms with Crippen LogP contribution in [0.4, 0.5) is 0 Å². The number of aryl methyl sites for hydroxylation is 1. The van der Waals surface area contributed by atoms with Crippen molar-refractivity contribution in [3.63, 3.8) is 0 Å². The van der Waals surface area contributed by atoms with Crippen LogP contribution in [0.2, 0.25) is 0 Å². The van der Waals surface area contributed by atoms with Crippen molar-refractivity contribution in [2.24, 2.45) is 13.0 Å². The highest BCUT2D eigenvalue weighted by molar-refractivity contribution is 6.34. The molecule has 0 radical (unpaired) electrons. The molecule has 0 aliphatic heterocycles. The van der Waals surface area contributed by atoms with Gasteiger partial charge in [-0.1, -0.05) is 50.0 Å². The highest BCUT2D eigenvalue weighted by Gasteiger charge is 2.08. The lowest BCUT2D eigenvalue weighted by atomic mass is 10.1. The molecular formula is C19H24Cl2N4O. The van der Waals surface area contributed by atoms with Crippen LogP contribution in [0.15, 0.2) is 45.5 Å². The summed E-state index contributed by atoms with van der Waals surface area (Å²) in [5, 5.41) is 2.60. The molecule has 5 nitrogen and oxygen atoms in total. The second-order valence-corrected chi connectivity index (χ2v) is 6.83. The van der Waals surface area contributed by atoms with Crippen LogP contribution in [0.25, 0.3) is 22.1 Å². The third-order valence-corrected chi connectivity index (χ3v) is 4.55. The number of hydrogen-bond donors (Lipinski definition) is 2. The molecule has 7 heteroatoms. The Bertz CT molecular complexity index is 994. The van der Waals surface area contributed by atoms with Crippen molar-refractivity contribution >= 4 is 45.3 Å². The van der Waals surface area contributed by atoms with Gasteiger partial charge in [0.25, 0.3) is 0 Å². The quantitative estimate of drug-likeness (QED) is 0.533. The van der Waals surface area contributed by atoms with Crippen molar-refractivity contribution in [3.8, 4) is 0 Å². The lowest BCUT2D eigenvalue weighted by Gasteiger charge is -2.00. The first kappa shape index (κ1) is 20.3. The van der Waals surface area contributed by atoms with Crippen molar-refractivity contribution in [2.75, 3.05) is 0 Å². The van der Waals surface area contributed by atoms with Crippen molar-refractivity contribution in [1.29, 1.82) is 0 Å². The van der Waals surface area contributed by atoms with Gasteiger partial charge in [0.1, 0.15) is 5.65 Å². The highest BCUT2D eigenvalue weighted by Crippen LogP contribution is 2.25. The van der Waals surface area contributed by atoms with Gasteiger partial charge in [0.05, 0.1) is 17.2 Å². The van der Waals surface area contributed by atoms with Gasteiger partial charge in [0, 0.05) is 28.7 Å². The van der Waals surface area contributed by atoms with E-state index in [-0.39, 0.29) is 5.69 Å². The van der Waals surface area contributed by atoms with Gasteiger partial charge in [-0.05, 0) is 30.9 Å². The summed E-state index contributed by atoms with van der Waals surface area (Å²) in [7, 11) is 1.74. The Morgan fingerprint density at radius 3 is 2.77 bits per heavy atom. The molecule has 1 aliphatic carbocycles. The van der Waals surface area contributed by atoms with E-state index in [0.29, 0.717) is 5.92 Å². The van der Waals surface area contributed by atoms with Crippen molar-refractivity contribution < 1.29 is 0 Å². The minimum Gasteiger partial charge on any atom is -0.346 e. The third kappa shape index (κ3) is 4.59. The van der Waals surface area contributed by atoms with E-state index in [1.54, 1.807) is 17.8 Å². The molecule has 0 fully saturated rings. The molecular weight excluding hydrogens is 371 g/mol. The normalized spacial score (nSPS) is 16.8. The Hall–Kier alpha value is -1.98. The molecule has 0 spiro atoms. The van der Waals surface area contributed by atoms with E-state index >= 15 is 0 Å². The van der Waals surface area contributed by atoms with Gasteiger partial charge in [-0.2, -0.15) is 0 Å². The zero-order valence-electron chi connectivity index (χ0n) is 15.4. The molecule has 1 aliphatic rings. The SMILES string of the molecule is CC.CC1C=C(Cl)C=C(Cl)CC1.Cn1c(=O)[nH]c2cnc3[nH]ccc3c21. The second-order valence-electron chi connectivity index (χ2n) is 5.91. The van der Waals surface area contributed by atoms with Crippen LogP contribution in [0.3, 0.4) is 0 Å². The Morgan fingerprint density at radius 1 is 1.31 bits per heavy atom. The average Bonchev–Trinajstić information content (AvgIpc) is 3.15. The predicted octanol–water partition coefficient (Wildman–Crippen LogP) is 5.43. The molecule has 3 heterocycles. The summed E-state index contributed by atoms with van der Waals surface area (Å²) >= 11 is 11.6. The topological polar surface area (TPSA) is 66.5 Å². The maximum absolute atomic E-state index is 11.4. The van der Waals surface area contributed by atoms with E-state index in [4.69, 9.17) is 23.2 Å². The van der Waals surface area contributed by atoms with Crippen LogP contribution in [0, 0.1) is 5.92 Å². The van der Waals surface area contributed by atoms with E-state index < -0.39 is 0 Å². The zero-order valence-corrected chi connectivity index (χ0v) is 16.9. The monoisotopic (exact) mass is 394 g/mol. The fourth-order valence-electron chi connectivity index (χ4n) is 2.74. The first-order valence-corrected chi connectivity index (χ1v) is 9.45. The number of halogens is 2. The molecule has 1 unspecified atom stereocenters. The Balaban J connectivity index is 0.000000180. The highest BCUT2D eigenvalue weighted by atomic mass is 35.5. The lowest BCUT2D eigenvalue weighted by Crippen LogP contribution is -2.11. The van der Waals surface area contributed by atoms with Crippen molar-refractivity contribution in [1.82, 2.24) is 19.5 Å². The van der Waals surface area contributed by atoms with E-state index in [0.717, 1.165) is 45.0 Å². The molecule has 3 aromatic rings. The molecule has 2 N–H and O–H groups in total.